The molecule has 1 aliphatic heterocycles. The molecule has 5 heteroatoms. The molecule has 0 radical (unpaired) electrons. The van der Waals surface area contributed by atoms with Crippen molar-refractivity contribution in [3.8, 4) is 0 Å². The molecule has 5 nitrogen and oxygen atoms in total. The average molecular weight is 351 g/mol. The summed E-state index contributed by atoms with van der Waals surface area (Å²) in [4.78, 5) is 26.4. The van der Waals surface area contributed by atoms with Crippen molar-refractivity contribution in [2.24, 2.45) is 5.92 Å². The summed E-state index contributed by atoms with van der Waals surface area (Å²) in [6.45, 7) is 1.33. The van der Waals surface area contributed by atoms with E-state index in [9.17, 15) is 9.59 Å². The number of rotatable bonds is 7. The van der Waals surface area contributed by atoms with E-state index in [1.165, 1.54) is 0 Å². The first kappa shape index (κ1) is 18.0. The van der Waals surface area contributed by atoms with Gasteiger partial charge in [-0.2, -0.15) is 0 Å². The molecule has 2 amide bonds. The molecule has 136 valence electrons. The van der Waals surface area contributed by atoms with Crippen LogP contribution in [0.1, 0.15) is 18.4 Å². The molecule has 0 aliphatic carbocycles. The van der Waals surface area contributed by atoms with Gasteiger partial charge in [-0.1, -0.05) is 36.4 Å². The SMILES string of the molecule is CN(CCNC(=O)CC[C@@H]1Cc2ccccc2NC1=O)c1ccccc1. The van der Waals surface area contributed by atoms with Crippen LogP contribution in [0.15, 0.2) is 54.6 Å². The van der Waals surface area contributed by atoms with Crippen LogP contribution in [0, 0.1) is 5.92 Å². The molecular weight excluding hydrogens is 326 g/mol. The lowest BCUT2D eigenvalue weighted by Gasteiger charge is -2.24. The van der Waals surface area contributed by atoms with Crippen molar-refractivity contribution in [1.82, 2.24) is 5.32 Å². The van der Waals surface area contributed by atoms with Gasteiger partial charge in [0.25, 0.3) is 0 Å². The van der Waals surface area contributed by atoms with E-state index in [-0.39, 0.29) is 17.7 Å². The molecule has 0 saturated carbocycles. The third-order valence-corrected chi connectivity index (χ3v) is 4.80. The fourth-order valence-corrected chi connectivity index (χ4v) is 3.21. The summed E-state index contributed by atoms with van der Waals surface area (Å²) in [6.07, 6.45) is 1.64. The van der Waals surface area contributed by atoms with E-state index in [1.54, 1.807) is 0 Å². The van der Waals surface area contributed by atoms with Gasteiger partial charge in [-0.05, 0) is 36.6 Å². The minimum atomic E-state index is -0.136. The van der Waals surface area contributed by atoms with E-state index in [4.69, 9.17) is 0 Å². The van der Waals surface area contributed by atoms with Gasteiger partial charge >= 0.3 is 0 Å². The second kappa shape index (κ2) is 8.52. The maximum absolute atomic E-state index is 12.2. The van der Waals surface area contributed by atoms with Gasteiger partial charge in [0.05, 0.1) is 0 Å². The van der Waals surface area contributed by atoms with E-state index >= 15 is 0 Å². The molecule has 0 fully saturated rings. The number of nitrogens with one attached hydrogen (secondary N) is 2. The monoisotopic (exact) mass is 351 g/mol. The molecule has 2 N–H and O–H groups in total. The van der Waals surface area contributed by atoms with Crippen LogP contribution in [-0.2, 0) is 16.0 Å². The number of hydrogen-bond acceptors (Lipinski definition) is 3. The van der Waals surface area contributed by atoms with Gasteiger partial charge in [-0.3, -0.25) is 9.59 Å². The van der Waals surface area contributed by atoms with Gasteiger partial charge in [0.15, 0.2) is 0 Å². The van der Waals surface area contributed by atoms with E-state index in [2.05, 4.69) is 15.5 Å². The molecular formula is C21H25N3O2. The Labute approximate surface area is 154 Å². The van der Waals surface area contributed by atoms with Crippen molar-refractivity contribution >= 4 is 23.2 Å². The summed E-state index contributed by atoms with van der Waals surface area (Å²) >= 11 is 0. The number of para-hydroxylation sites is 2. The fourth-order valence-electron chi connectivity index (χ4n) is 3.21. The molecule has 1 heterocycles. The number of likely N-dealkylation sites (N-methyl/N-ethyl adjacent to an activating group) is 1. The van der Waals surface area contributed by atoms with E-state index in [0.717, 1.165) is 23.5 Å². The highest BCUT2D eigenvalue weighted by atomic mass is 16.2. The van der Waals surface area contributed by atoms with Crippen molar-refractivity contribution in [1.29, 1.82) is 0 Å². The predicted octanol–water partition coefficient (Wildman–Crippen LogP) is 2.83. The Morgan fingerprint density at radius 1 is 1.15 bits per heavy atom. The van der Waals surface area contributed by atoms with Crippen molar-refractivity contribution < 1.29 is 9.59 Å². The van der Waals surface area contributed by atoms with E-state index < -0.39 is 0 Å². The molecule has 3 rings (SSSR count). The normalized spacial score (nSPS) is 15.7. The molecule has 1 atom stereocenters. The van der Waals surface area contributed by atoms with Crippen LogP contribution in [0.5, 0.6) is 0 Å². The molecule has 26 heavy (non-hydrogen) atoms. The van der Waals surface area contributed by atoms with Gasteiger partial charge in [-0.15, -0.1) is 0 Å². The molecule has 0 unspecified atom stereocenters. The molecule has 2 aromatic carbocycles. The minimum absolute atomic E-state index is 0.00174. The number of anilines is 2. The number of fused-ring (bicyclic) bond motifs is 1. The van der Waals surface area contributed by atoms with Crippen molar-refractivity contribution in [3.05, 3.63) is 60.2 Å². The quantitative estimate of drug-likeness (QED) is 0.806. The zero-order valence-electron chi connectivity index (χ0n) is 15.1. The average Bonchev–Trinajstić information content (AvgIpc) is 2.67. The lowest BCUT2D eigenvalue weighted by molar-refractivity contribution is -0.122. The standard InChI is InChI=1S/C21H25N3O2/c1-24(18-8-3-2-4-9-18)14-13-22-20(25)12-11-17-15-16-7-5-6-10-19(16)23-21(17)26/h2-10,17H,11-15H2,1H3,(H,22,25)(H,23,26)/t17-/m1/s1. The molecule has 0 bridgehead atoms. The zero-order valence-corrected chi connectivity index (χ0v) is 15.1. The molecule has 2 aromatic rings. The third kappa shape index (κ3) is 4.63. The Morgan fingerprint density at radius 3 is 2.69 bits per heavy atom. The Morgan fingerprint density at radius 2 is 1.88 bits per heavy atom. The van der Waals surface area contributed by atoms with Crippen LogP contribution in [-0.4, -0.2) is 32.0 Å². The lowest BCUT2D eigenvalue weighted by atomic mass is 9.89. The first-order valence-electron chi connectivity index (χ1n) is 9.05. The van der Waals surface area contributed by atoms with Crippen LogP contribution in [0.25, 0.3) is 0 Å². The molecule has 0 saturated heterocycles. The smallest absolute Gasteiger partial charge is 0.227 e. The summed E-state index contributed by atoms with van der Waals surface area (Å²) in [5.74, 6) is -0.124. The lowest BCUT2D eigenvalue weighted by Crippen LogP contribution is -2.34. The minimum Gasteiger partial charge on any atom is -0.373 e. The van der Waals surface area contributed by atoms with Crippen LogP contribution in [0.3, 0.4) is 0 Å². The Bertz CT molecular complexity index is 761. The Kier molecular flexibility index (Phi) is 5.89. The topological polar surface area (TPSA) is 61.4 Å². The number of carbonyl (C=O) groups excluding carboxylic acids is 2. The number of hydrogen-bond donors (Lipinski definition) is 2. The number of carbonyl (C=O) groups is 2. The largest absolute Gasteiger partial charge is 0.373 e. The summed E-state index contributed by atoms with van der Waals surface area (Å²) in [5.41, 5.74) is 3.16. The van der Waals surface area contributed by atoms with Crippen molar-refractivity contribution in [2.45, 2.75) is 19.3 Å². The van der Waals surface area contributed by atoms with Gasteiger partial charge in [0.2, 0.25) is 11.8 Å². The summed E-state index contributed by atoms with van der Waals surface area (Å²) in [7, 11) is 2.01. The number of nitrogens with zero attached hydrogens (tertiary/aromatic N) is 1. The first-order chi connectivity index (χ1) is 12.6. The second-order valence-corrected chi connectivity index (χ2v) is 6.69. The third-order valence-electron chi connectivity index (χ3n) is 4.80. The number of benzene rings is 2. The van der Waals surface area contributed by atoms with Gasteiger partial charge < -0.3 is 15.5 Å². The summed E-state index contributed by atoms with van der Waals surface area (Å²) in [5, 5.41) is 5.88. The molecule has 0 spiro atoms. The summed E-state index contributed by atoms with van der Waals surface area (Å²) in [6, 6.07) is 17.9. The second-order valence-electron chi connectivity index (χ2n) is 6.69. The molecule has 0 aromatic heterocycles. The van der Waals surface area contributed by atoms with Crippen LogP contribution in [0.2, 0.25) is 0 Å². The Hall–Kier alpha value is -2.82. The maximum Gasteiger partial charge on any atom is 0.227 e. The van der Waals surface area contributed by atoms with Crippen molar-refractivity contribution in [2.75, 3.05) is 30.4 Å². The number of amides is 2. The zero-order chi connectivity index (χ0) is 18.4. The highest BCUT2D eigenvalue weighted by Gasteiger charge is 2.26. The Balaban J connectivity index is 1.40. The van der Waals surface area contributed by atoms with Crippen LogP contribution < -0.4 is 15.5 Å². The highest BCUT2D eigenvalue weighted by Crippen LogP contribution is 2.27. The van der Waals surface area contributed by atoms with Gasteiger partial charge in [-0.25, -0.2) is 0 Å². The summed E-state index contributed by atoms with van der Waals surface area (Å²) < 4.78 is 0. The maximum atomic E-state index is 12.2. The van der Waals surface area contributed by atoms with Gasteiger partial charge in [0, 0.05) is 43.9 Å². The predicted molar refractivity (Wildman–Crippen MR) is 104 cm³/mol. The van der Waals surface area contributed by atoms with Crippen LogP contribution in [0.4, 0.5) is 11.4 Å². The van der Waals surface area contributed by atoms with Crippen LogP contribution >= 0.6 is 0 Å². The molecule has 1 aliphatic rings. The van der Waals surface area contributed by atoms with Crippen molar-refractivity contribution in [3.63, 3.8) is 0 Å². The van der Waals surface area contributed by atoms with E-state index in [0.29, 0.717) is 25.8 Å². The fraction of sp³-hybridized carbons (Fsp3) is 0.333. The first-order valence-corrected chi connectivity index (χ1v) is 9.05. The van der Waals surface area contributed by atoms with E-state index in [1.807, 2.05) is 61.6 Å². The highest BCUT2D eigenvalue weighted by molar-refractivity contribution is 5.96. The van der Waals surface area contributed by atoms with Gasteiger partial charge in [0.1, 0.15) is 0 Å².